The maximum absolute atomic E-state index is 13.2. The lowest BCUT2D eigenvalue weighted by Crippen LogP contribution is -2.31. The zero-order chi connectivity index (χ0) is 29.6. The first-order chi connectivity index (χ1) is 20.3. The molecule has 3 aromatic carbocycles. The smallest absolute Gasteiger partial charge is 0.319 e. The van der Waals surface area contributed by atoms with Crippen molar-refractivity contribution < 1.29 is 28.1 Å². The number of hydrogen-bond acceptors (Lipinski definition) is 7. The Morgan fingerprint density at radius 1 is 1.07 bits per heavy atom. The van der Waals surface area contributed by atoms with E-state index in [9.17, 15) is 9.18 Å². The van der Waals surface area contributed by atoms with Gasteiger partial charge in [0, 0.05) is 24.9 Å². The third-order valence-electron chi connectivity index (χ3n) is 6.58. The number of carbonyl (C=O) groups excluding carboxylic acids is 1. The van der Waals surface area contributed by atoms with Gasteiger partial charge in [-0.2, -0.15) is 0 Å². The Morgan fingerprint density at radius 3 is 2.57 bits per heavy atom. The molecular formula is C31H32ClFN4O5. The molecule has 0 unspecified atom stereocenters. The van der Waals surface area contributed by atoms with Crippen LogP contribution in [0.1, 0.15) is 24.9 Å². The number of aromatic nitrogens is 1. The van der Waals surface area contributed by atoms with E-state index in [0.29, 0.717) is 65.2 Å². The standard InChI is InChI=1S/C31H32ClFN4O5/c1-19(20-5-7-21(33)8-6-20)35-31(38)36-24-10-9-22(17-23(24)32)42-26-11-12-34-25-18-27(39-14-4-13-37(2)3)29-30(28(25)26)41-16-15-40-29/h5-12,17-19H,4,13-16H2,1-3H3,(H2,35,36,38)/t19-/m1/s1. The van der Waals surface area contributed by atoms with Crippen LogP contribution in [0.25, 0.3) is 10.9 Å². The fourth-order valence-electron chi connectivity index (χ4n) is 4.51. The average molecular weight is 595 g/mol. The number of nitrogens with one attached hydrogen (secondary N) is 2. The van der Waals surface area contributed by atoms with Crippen LogP contribution in [0, 0.1) is 5.82 Å². The molecule has 11 heteroatoms. The van der Waals surface area contributed by atoms with Gasteiger partial charge in [0.25, 0.3) is 0 Å². The summed E-state index contributed by atoms with van der Waals surface area (Å²) in [7, 11) is 4.04. The number of carbonyl (C=O) groups is 1. The van der Waals surface area contributed by atoms with E-state index in [1.807, 2.05) is 20.2 Å². The summed E-state index contributed by atoms with van der Waals surface area (Å²) in [6.07, 6.45) is 2.51. The van der Waals surface area contributed by atoms with E-state index in [1.54, 1.807) is 49.5 Å². The second-order valence-corrected chi connectivity index (χ2v) is 10.5. The summed E-state index contributed by atoms with van der Waals surface area (Å²) in [5.74, 6) is 2.23. The lowest BCUT2D eigenvalue weighted by Gasteiger charge is -2.23. The largest absolute Gasteiger partial charge is 0.489 e. The molecule has 9 nitrogen and oxygen atoms in total. The van der Waals surface area contributed by atoms with Crippen molar-refractivity contribution >= 4 is 34.2 Å². The van der Waals surface area contributed by atoms with Gasteiger partial charge >= 0.3 is 6.03 Å². The van der Waals surface area contributed by atoms with Gasteiger partial charge in [0.05, 0.1) is 34.3 Å². The number of ether oxygens (including phenoxy) is 4. The van der Waals surface area contributed by atoms with Crippen molar-refractivity contribution in [3.63, 3.8) is 0 Å². The average Bonchev–Trinajstić information content (AvgIpc) is 2.97. The fourth-order valence-corrected chi connectivity index (χ4v) is 4.72. The van der Waals surface area contributed by atoms with Gasteiger partial charge in [-0.25, -0.2) is 9.18 Å². The van der Waals surface area contributed by atoms with Crippen molar-refractivity contribution in [2.75, 3.05) is 45.8 Å². The SMILES string of the molecule is C[C@@H](NC(=O)Nc1ccc(Oc2ccnc3cc(OCCCN(C)C)c4c(c23)OCCO4)cc1Cl)c1ccc(F)cc1. The monoisotopic (exact) mass is 594 g/mol. The Kier molecular flexibility index (Phi) is 9.14. The van der Waals surface area contributed by atoms with E-state index in [1.165, 1.54) is 12.1 Å². The number of nitrogens with zero attached hydrogens (tertiary/aromatic N) is 2. The van der Waals surface area contributed by atoms with E-state index < -0.39 is 6.03 Å². The first-order valence-electron chi connectivity index (χ1n) is 13.6. The van der Waals surface area contributed by atoms with Gasteiger partial charge in [-0.1, -0.05) is 23.7 Å². The molecule has 220 valence electrons. The predicted octanol–water partition coefficient (Wildman–Crippen LogP) is 6.80. The molecule has 0 bridgehead atoms. The fraction of sp³-hybridized carbons (Fsp3) is 0.290. The number of anilines is 1. The third-order valence-corrected chi connectivity index (χ3v) is 6.90. The van der Waals surface area contributed by atoms with Crippen LogP contribution in [0.2, 0.25) is 5.02 Å². The molecule has 42 heavy (non-hydrogen) atoms. The van der Waals surface area contributed by atoms with Crippen LogP contribution < -0.4 is 29.6 Å². The number of halogens is 2. The third kappa shape index (κ3) is 6.95. The van der Waals surface area contributed by atoms with Crippen molar-refractivity contribution in [3.8, 4) is 28.7 Å². The summed E-state index contributed by atoms with van der Waals surface area (Å²) >= 11 is 6.50. The van der Waals surface area contributed by atoms with Crippen LogP contribution >= 0.6 is 11.6 Å². The van der Waals surface area contributed by atoms with Gasteiger partial charge in [0.15, 0.2) is 11.5 Å². The number of amides is 2. The molecular weight excluding hydrogens is 563 g/mol. The van der Waals surface area contributed by atoms with Crippen LogP contribution in [-0.2, 0) is 0 Å². The number of pyridine rings is 1. The Balaban J connectivity index is 1.32. The Hall–Kier alpha value is -4.28. The second-order valence-electron chi connectivity index (χ2n) is 10.1. The molecule has 2 amide bonds. The van der Waals surface area contributed by atoms with Crippen molar-refractivity contribution in [1.29, 1.82) is 0 Å². The molecule has 2 heterocycles. The molecule has 0 spiro atoms. The molecule has 0 radical (unpaired) electrons. The topological polar surface area (TPSA) is 94.2 Å². The maximum Gasteiger partial charge on any atom is 0.319 e. The maximum atomic E-state index is 13.2. The van der Waals surface area contributed by atoms with Crippen LogP contribution in [0.3, 0.4) is 0 Å². The molecule has 0 aliphatic carbocycles. The number of benzene rings is 3. The molecule has 0 fully saturated rings. The van der Waals surface area contributed by atoms with Gasteiger partial charge in [0.1, 0.15) is 30.5 Å². The highest BCUT2D eigenvalue weighted by Crippen LogP contribution is 2.48. The van der Waals surface area contributed by atoms with E-state index in [4.69, 9.17) is 30.5 Å². The summed E-state index contributed by atoms with van der Waals surface area (Å²) in [5, 5.41) is 6.49. The first-order valence-corrected chi connectivity index (χ1v) is 14.0. The molecule has 4 aromatic rings. The van der Waals surface area contributed by atoms with Crippen molar-refractivity contribution in [1.82, 2.24) is 15.2 Å². The second kappa shape index (κ2) is 13.1. The minimum Gasteiger partial charge on any atom is -0.489 e. The molecule has 5 rings (SSSR count). The highest BCUT2D eigenvalue weighted by molar-refractivity contribution is 6.33. The lowest BCUT2D eigenvalue weighted by atomic mass is 10.1. The van der Waals surface area contributed by atoms with Crippen molar-refractivity contribution in [3.05, 3.63) is 77.2 Å². The summed E-state index contributed by atoms with van der Waals surface area (Å²) in [4.78, 5) is 19.2. The van der Waals surface area contributed by atoms with Crippen LogP contribution in [-0.4, -0.2) is 56.4 Å². The Morgan fingerprint density at radius 2 is 1.83 bits per heavy atom. The lowest BCUT2D eigenvalue weighted by molar-refractivity contribution is 0.163. The zero-order valence-electron chi connectivity index (χ0n) is 23.6. The molecule has 1 aromatic heterocycles. The molecule has 2 N–H and O–H groups in total. The number of hydrogen-bond donors (Lipinski definition) is 2. The van der Waals surface area contributed by atoms with Crippen LogP contribution in [0.4, 0.5) is 14.9 Å². The summed E-state index contributed by atoms with van der Waals surface area (Å²) in [6, 6.07) is 13.7. The quantitative estimate of drug-likeness (QED) is 0.195. The van der Waals surface area contributed by atoms with E-state index in [2.05, 4.69) is 20.5 Å². The van der Waals surface area contributed by atoms with Gasteiger partial charge in [0.2, 0.25) is 5.75 Å². The molecule has 0 saturated heterocycles. The van der Waals surface area contributed by atoms with Gasteiger partial charge in [-0.3, -0.25) is 4.98 Å². The van der Waals surface area contributed by atoms with E-state index in [0.717, 1.165) is 18.5 Å². The van der Waals surface area contributed by atoms with E-state index in [-0.39, 0.29) is 16.9 Å². The summed E-state index contributed by atoms with van der Waals surface area (Å²) in [5.41, 5.74) is 1.80. The minimum absolute atomic E-state index is 0.283. The van der Waals surface area contributed by atoms with Crippen molar-refractivity contribution in [2.24, 2.45) is 0 Å². The number of rotatable bonds is 10. The Labute approximate surface area is 248 Å². The molecule has 1 aliphatic rings. The molecule has 1 atom stereocenters. The van der Waals surface area contributed by atoms with Gasteiger partial charge in [-0.05, 0) is 63.3 Å². The number of urea groups is 1. The summed E-state index contributed by atoms with van der Waals surface area (Å²) in [6.45, 7) is 4.02. The normalized spacial score (nSPS) is 13.1. The van der Waals surface area contributed by atoms with Crippen LogP contribution in [0.5, 0.6) is 28.7 Å². The van der Waals surface area contributed by atoms with Crippen molar-refractivity contribution in [2.45, 2.75) is 19.4 Å². The minimum atomic E-state index is -0.453. The van der Waals surface area contributed by atoms with Gasteiger partial charge < -0.3 is 34.5 Å². The number of fused-ring (bicyclic) bond motifs is 3. The molecule has 0 saturated carbocycles. The van der Waals surface area contributed by atoms with Gasteiger partial charge in [-0.15, -0.1) is 0 Å². The summed E-state index contributed by atoms with van der Waals surface area (Å²) < 4.78 is 37.5. The van der Waals surface area contributed by atoms with Crippen LogP contribution in [0.15, 0.2) is 60.8 Å². The molecule has 1 aliphatic heterocycles. The zero-order valence-corrected chi connectivity index (χ0v) is 24.3. The van der Waals surface area contributed by atoms with E-state index >= 15 is 0 Å². The predicted molar refractivity (Wildman–Crippen MR) is 160 cm³/mol. The Bertz CT molecular complexity index is 1570. The highest BCUT2D eigenvalue weighted by atomic mass is 35.5. The highest BCUT2D eigenvalue weighted by Gasteiger charge is 2.25. The first kappa shape index (κ1) is 29.2.